The van der Waals surface area contributed by atoms with Gasteiger partial charge in [0.2, 0.25) is 0 Å². The number of anilines is 2. The Balaban J connectivity index is 1.64. The molecule has 1 N–H and O–H groups in total. The minimum absolute atomic E-state index is 0.0268. The standard InChI is InChI=1S/C29H31N5S/c1-19-9-11-24(12-10-19)34-28(27(31-29(34)35)26-8-6-7-17-30-26)25-18-20(2)33(21(25)3)23-15-13-22(14-16-23)32(4)5/h6-18,27-28H,1-5H3,(H,31,35)/t27-,28+/m0/s1. The number of rotatable bonds is 5. The molecular formula is C29H31N5S. The van der Waals surface area contributed by atoms with Crippen molar-refractivity contribution >= 4 is 28.7 Å². The SMILES string of the molecule is Cc1ccc(N2C(=S)N[C@@H](c3ccccn3)[C@H]2c2cc(C)n(-c3ccc(N(C)C)cc3)c2C)cc1. The Morgan fingerprint density at radius 1 is 0.886 bits per heavy atom. The number of hydrogen-bond donors (Lipinski definition) is 1. The first-order valence-electron chi connectivity index (χ1n) is 11.9. The number of benzene rings is 2. The van der Waals surface area contributed by atoms with Gasteiger partial charge in [-0.2, -0.15) is 0 Å². The van der Waals surface area contributed by atoms with Crippen LogP contribution in [0.5, 0.6) is 0 Å². The molecular weight excluding hydrogens is 450 g/mol. The summed E-state index contributed by atoms with van der Waals surface area (Å²) in [5, 5.41) is 4.29. The Bertz CT molecular complexity index is 1340. The molecule has 0 unspecified atom stereocenters. The van der Waals surface area contributed by atoms with Gasteiger partial charge in [0, 0.05) is 48.7 Å². The maximum Gasteiger partial charge on any atom is 0.174 e. The van der Waals surface area contributed by atoms with Crippen LogP contribution in [0.2, 0.25) is 0 Å². The van der Waals surface area contributed by atoms with Crippen LogP contribution < -0.4 is 15.1 Å². The Morgan fingerprint density at radius 3 is 2.20 bits per heavy atom. The first kappa shape index (κ1) is 23.1. The molecule has 3 heterocycles. The third kappa shape index (κ3) is 4.19. The van der Waals surface area contributed by atoms with E-state index in [1.54, 1.807) is 0 Å². The molecule has 1 aliphatic heterocycles. The molecule has 6 heteroatoms. The van der Waals surface area contributed by atoms with Crippen LogP contribution in [0, 0.1) is 20.8 Å². The molecule has 5 nitrogen and oxygen atoms in total. The molecule has 0 aliphatic carbocycles. The number of aromatic nitrogens is 2. The first-order valence-corrected chi connectivity index (χ1v) is 12.3. The van der Waals surface area contributed by atoms with E-state index >= 15 is 0 Å². The highest BCUT2D eigenvalue weighted by molar-refractivity contribution is 7.80. The summed E-state index contributed by atoms with van der Waals surface area (Å²) in [4.78, 5) is 9.06. The zero-order valence-corrected chi connectivity index (χ0v) is 21.7. The molecule has 35 heavy (non-hydrogen) atoms. The lowest BCUT2D eigenvalue weighted by molar-refractivity contribution is 0.565. The van der Waals surface area contributed by atoms with Crippen molar-refractivity contribution in [3.63, 3.8) is 0 Å². The van der Waals surface area contributed by atoms with Crippen LogP contribution in [0.15, 0.2) is 79.0 Å². The first-order chi connectivity index (χ1) is 16.8. The molecule has 1 saturated heterocycles. The maximum absolute atomic E-state index is 5.90. The highest BCUT2D eigenvalue weighted by atomic mass is 32.1. The van der Waals surface area contributed by atoms with Crippen molar-refractivity contribution in [1.29, 1.82) is 0 Å². The van der Waals surface area contributed by atoms with E-state index in [0.717, 1.165) is 22.2 Å². The Hall–Kier alpha value is -3.64. The molecule has 0 spiro atoms. The van der Waals surface area contributed by atoms with Crippen LogP contribution in [0.25, 0.3) is 5.69 Å². The van der Waals surface area contributed by atoms with Gasteiger partial charge in [0.15, 0.2) is 5.11 Å². The number of nitrogens with one attached hydrogen (secondary N) is 1. The third-order valence-corrected chi connectivity index (χ3v) is 7.14. The molecule has 0 bridgehead atoms. The van der Waals surface area contributed by atoms with Crippen LogP contribution in [-0.2, 0) is 0 Å². The average molecular weight is 482 g/mol. The Kier molecular flexibility index (Phi) is 6.07. The molecule has 2 atom stereocenters. The fraction of sp³-hybridized carbons (Fsp3) is 0.241. The number of pyridine rings is 1. The predicted molar refractivity (Wildman–Crippen MR) is 149 cm³/mol. The van der Waals surface area contributed by atoms with Crippen molar-refractivity contribution in [2.24, 2.45) is 0 Å². The number of nitrogens with zero attached hydrogens (tertiary/aromatic N) is 4. The van der Waals surface area contributed by atoms with Crippen molar-refractivity contribution in [3.8, 4) is 5.69 Å². The van der Waals surface area contributed by atoms with Gasteiger partial charge < -0.3 is 19.7 Å². The zero-order chi connectivity index (χ0) is 24.7. The minimum atomic E-state index is -0.0601. The highest BCUT2D eigenvalue weighted by Crippen LogP contribution is 2.43. The highest BCUT2D eigenvalue weighted by Gasteiger charge is 2.42. The summed E-state index contributed by atoms with van der Waals surface area (Å²) >= 11 is 5.90. The molecule has 178 valence electrons. The van der Waals surface area contributed by atoms with Gasteiger partial charge in [0.25, 0.3) is 0 Å². The topological polar surface area (TPSA) is 36.3 Å². The van der Waals surface area contributed by atoms with E-state index in [-0.39, 0.29) is 12.1 Å². The van der Waals surface area contributed by atoms with E-state index in [9.17, 15) is 0 Å². The van der Waals surface area contributed by atoms with E-state index in [4.69, 9.17) is 17.2 Å². The zero-order valence-electron chi connectivity index (χ0n) is 20.9. The summed E-state index contributed by atoms with van der Waals surface area (Å²) in [6.07, 6.45) is 1.85. The van der Waals surface area contributed by atoms with Crippen molar-refractivity contribution in [2.45, 2.75) is 32.9 Å². The summed E-state index contributed by atoms with van der Waals surface area (Å²) in [7, 11) is 4.12. The summed E-state index contributed by atoms with van der Waals surface area (Å²) < 4.78 is 2.33. The van der Waals surface area contributed by atoms with E-state index in [0.29, 0.717) is 0 Å². The van der Waals surface area contributed by atoms with Gasteiger partial charge in [-0.1, -0.05) is 23.8 Å². The lowest BCUT2D eigenvalue weighted by atomic mass is 9.96. The Labute approximate surface area is 213 Å². The minimum Gasteiger partial charge on any atom is -0.378 e. The molecule has 1 fully saturated rings. The van der Waals surface area contributed by atoms with E-state index in [1.165, 1.54) is 28.2 Å². The molecule has 4 aromatic rings. The number of hydrogen-bond acceptors (Lipinski definition) is 3. The molecule has 5 rings (SSSR count). The second-order valence-electron chi connectivity index (χ2n) is 9.40. The van der Waals surface area contributed by atoms with Gasteiger partial charge in [0.05, 0.1) is 17.8 Å². The number of thiocarbonyl (C=S) groups is 1. The second kappa shape index (κ2) is 9.19. The van der Waals surface area contributed by atoms with Gasteiger partial charge in [-0.3, -0.25) is 4.98 Å². The maximum atomic E-state index is 5.90. The van der Waals surface area contributed by atoms with Crippen LogP contribution in [0.1, 0.15) is 40.3 Å². The smallest absolute Gasteiger partial charge is 0.174 e. The summed E-state index contributed by atoms with van der Waals surface area (Å²) in [6, 6.07) is 25.5. The molecule has 0 saturated carbocycles. The van der Waals surface area contributed by atoms with Crippen LogP contribution >= 0.6 is 12.2 Å². The van der Waals surface area contributed by atoms with Gasteiger partial charge in [0.1, 0.15) is 0 Å². The average Bonchev–Trinajstić information content (AvgIpc) is 3.35. The predicted octanol–water partition coefficient (Wildman–Crippen LogP) is 6.04. The fourth-order valence-electron chi connectivity index (χ4n) is 5.04. The van der Waals surface area contributed by atoms with Crippen molar-refractivity contribution in [1.82, 2.24) is 14.9 Å². The van der Waals surface area contributed by atoms with Crippen LogP contribution in [0.4, 0.5) is 11.4 Å². The van der Waals surface area contributed by atoms with E-state index < -0.39 is 0 Å². The fourth-order valence-corrected chi connectivity index (χ4v) is 5.38. The van der Waals surface area contributed by atoms with E-state index in [2.05, 4.69) is 115 Å². The van der Waals surface area contributed by atoms with Gasteiger partial charge in [-0.25, -0.2) is 0 Å². The lowest BCUT2D eigenvalue weighted by Gasteiger charge is -2.28. The van der Waals surface area contributed by atoms with Gasteiger partial charge in [-0.05, 0) is 93.1 Å². The third-order valence-electron chi connectivity index (χ3n) is 6.82. The van der Waals surface area contributed by atoms with E-state index in [1.807, 2.05) is 18.3 Å². The molecule has 2 aromatic carbocycles. The van der Waals surface area contributed by atoms with Crippen molar-refractivity contribution in [2.75, 3.05) is 23.9 Å². The van der Waals surface area contributed by atoms with Gasteiger partial charge in [-0.15, -0.1) is 0 Å². The molecule has 0 radical (unpaired) electrons. The van der Waals surface area contributed by atoms with Crippen molar-refractivity contribution in [3.05, 3.63) is 107 Å². The van der Waals surface area contributed by atoms with Gasteiger partial charge >= 0.3 is 0 Å². The summed E-state index contributed by atoms with van der Waals surface area (Å²) in [5.74, 6) is 0. The summed E-state index contributed by atoms with van der Waals surface area (Å²) in [5.41, 5.74) is 9.26. The van der Waals surface area contributed by atoms with Crippen LogP contribution in [0.3, 0.4) is 0 Å². The Morgan fingerprint density at radius 2 is 1.57 bits per heavy atom. The molecule has 2 aromatic heterocycles. The molecule has 1 aliphatic rings. The largest absolute Gasteiger partial charge is 0.378 e. The molecule has 0 amide bonds. The quantitative estimate of drug-likeness (QED) is 0.352. The number of aryl methyl sites for hydroxylation is 2. The lowest BCUT2D eigenvalue weighted by Crippen LogP contribution is -2.29. The monoisotopic (exact) mass is 481 g/mol. The van der Waals surface area contributed by atoms with Crippen molar-refractivity contribution < 1.29 is 0 Å². The second-order valence-corrected chi connectivity index (χ2v) is 9.79. The normalized spacial score (nSPS) is 17.5. The summed E-state index contributed by atoms with van der Waals surface area (Å²) in [6.45, 7) is 6.48. The van der Waals surface area contributed by atoms with Crippen LogP contribution in [-0.4, -0.2) is 28.8 Å².